The maximum atomic E-state index is 13.3. The number of nitrogens with two attached hydrogens (primary N) is 2. The predicted octanol–water partition coefficient (Wildman–Crippen LogP) is -1.25. The minimum Gasteiger partial charge on any atom is -0.460 e. The molecule has 201 valence electrons. The molecule has 0 spiro atoms. The van der Waals surface area contributed by atoms with Crippen LogP contribution in [0.25, 0.3) is 0 Å². The van der Waals surface area contributed by atoms with Crippen LogP contribution in [0.1, 0.15) is 12.0 Å². The third-order valence-electron chi connectivity index (χ3n) is 5.22. The molecule has 3 radical (unpaired) electrons. The van der Waals surface area contributed by atoms with E-state index in [-0.39, 0.29) is 39.3 Å². The summed E-state index contributed by atoms with van der Waals surface area (Å²) in [6.45, 7) is 1.44. The summed E-state index contributed by atoms with van der Waals surface area (Å²) in [5, 5.41) is 5.82. The molecule has 12 nitrogen and oxygen atoms in total. The van der Waals surface area contributed by atoms with Crippen molar-refractivity contribution in [2.45, 2.75) is 38.0 Å². The molecule has 1 aromatic rings. The highest BCUT2D eigenvalue weighted by molar-refractivity contribution is 6.52. The van der Waals surface area contributed by atoms with E-state index < -0.39 is 12.0 Å². The summed E-state index contributed by atoms with van der Waals surface area (Å²) >= 11 is 0. The van der Waals surface area contributed by atoms with Crippen molar-refractivity contribution in [1.29, 1.82) is 0 Å². The Kier molecular flexibility index (Phi) is 19.8. The first-order chi connectivity index (χ1) is 18.0. The van der Waals surface area contributed by atoms with Gasteiger partial charge in [-0.2, -0.15) is 0 Å². The fraction of sp³-hybridized carbons (Fsp3) is 0.619. The van der Waals surface area contributed by atoms with Crippen LogP contribution in [0.15, 0.2) is 30.3 Å². The summed E-state index contributed by atoms with van der Waals surface area (Å²) in [7, 11) is 7.30. The SMILES string of the molecule is CO[B]NCCB(CCN(CC[B]OCN)C(=O)C[C@H](N[B]OC)C(=O)OCc1ccccc1)OCN. The number of carbonyl (C=O) groups excluding carboxylic acids is 2. The number of nitrogens with zero attached hydrogens (tertiary/aromatic N) is 1. The maximum absolute atomic E-state index is 13.3. The van der Waals surface area contributed by atoms with Crippen LogP contribution in [0.4, 0.5) is 0 Å². The molecule has 0 aliphatic heterocycles. The molecule has 16 heteroatoms. The van der Waals surface area contributed by atoms with Crippen LogP contribution in [0.3, 0.4) is 0 Å². The smallest absolute Gasteiger partial charge is 0.396 e. The van der Waals surface area contributed by atoms with E-state index in [9.17, 15) is 9.59 Å². The van der Waals surface area contributed by atoms with E-state index in [1.165, 1.54) is 22.3 Å². The average molecular weight is 516 g/mol. The van der Waals surface area contributed by atoms with E-state index in [0.717, 1.165) is 5.56 Å². The molecule has 0 bridgehead atoms. The van der Waals surface area contributed by atoms with Crippen molar-refractivity contribution in [1.82, 2.24) is 15.4 Å². The van der Waals surface area contributed by atoms with Gasteiger partial charge in [-0.15, -0.1) is 0 Å². The van der Waals surface area contributed by atoms with E-state index in [2.05, 4.69) is 10.5 Å². The van der Waals surface area contributed by atoms with Gasteiger partial charge in [0.2, 0.25) is 5.91 Å². The molecule has 1 aromatic carbocycles. The largest absolute Gasteiger partial charge is 0.460 e. The quantitative estimate of drug-likeness (QED) is 0.0597. The molecule has 6 N–H and O–H groups in total. The summed E-state index contributed by atoms with van der Waals surface area (Å²) in [5.74, 6) is -0.801. The lowest BCUT2D eigenvalue weighted by atomic mass is 9.61. The van der Waals surface area contributed by atoms with Gasteiger partial charge in [0.1, 0.15) is 12.6 Å². The second kappa shape index (κ2) is 22.1. The zero-order valence-electron chi connectivity index (χ0n) is 21.8. The second-order valence-electron chi connectivity index (χ2n) is 7.88. The monoisotopic (exact) mass is 516 g/mol. The fourth-order valence-corrected chi connectivity index (χ4v) is 3.35. The Morgan fingerprint density at radius 3 is 2.49 bits per heavy atom. The fourth-order valence-electron chi connectivity index (χ4n) is 3.35. The molecule has 1 rings (SSSR count). The van der Waals surface area contributed by atoms with E-state index >= 15 is 0 Å². The van der Waals surface area contributed by atoms with E-state index in [1.807, 2.05) is 30.3 Å². The third kappa shape index (κ3) is 15.8. The lowest BCUT2D eigenvalue weighted by Crippen LogP contribution is -2.46. The van der Waals surface area contributed by atoms with Gasteiger partial charge >= 0.3 is 21.2 Å². The molecule has 0 saturated carbocycles. The van der Waals surface area contributed by atoms with Crippen molar-refractivity contribution < 1.29 is 32.9 Å². The first kappa shape index (κ1) is 33.1. The Balaban J connectivity index is 2.77. The van der Waals surface area contributed by atoms with Crippen LogP contribution in [-0.2, 0) is 39.6 Å². The first-order valence-corrected chi connectivity index (χ1v) is 12.2. The van der Waals surface area contributed by atoms with Crippen molar-refractivity contribution >= 4 is 41.5 Å². The van der Waals surface area contributed by atoms with Crippen molar-refractivity contribution in [3.8, 4) is 0 Å². The van der Waals surface area contributed by atoms with Crippen LogP contribution in [-0.4, -0.2) is 99.8 Å². The zero-order valence-corrected chi connectivity index (χ0v) is 21.8. The van der Waals surface area contributed by atoms with Gasteiger partial charge in [-0.05, 0) is 31.1 Å². The molecule has 0 unspecified atom stereocenters. The number of esters is 1. The average Bonchev–Trinajstić information content (AvgIpc) is 2.91. The van der Waals surface area contributed by atoms with Crippen LogP contribution in [0.5, 0.6) is 0 Å². The molecular weight excluding hydrogens is 478 g/mol. The first-order valence-electron chi connectivity index (χ1n) is 12.2. The van der Waals surface area contributed by atoms with Gasteiger partial charge in [0.05, 0.1) is 19.9 Å². The number of benzene rings is 1. The molecule has 1 atom stereocenters. The van der Waals surface area contributed by atoms with Crippen molar-refractivity contribution in [3.63, 3.8) is 0 Å². The maximum Gasteiger partial charge on any atom is 0.396 e. The molecule has 37 heavy (non-hydrogen) atoms. The Morgan fingerprint density at radius 1 is 1.05 bits per heavy atom. The number of amides is 1. The second-order valence-corrected chi connectivity index (χ2v) is 7.88. The Morgan fingerprint density at radius 2 is 1.81 bits per heavy atom. The molecule has 0 aliphatic rings. The lowest BCUT2D eigenvalue weighted by Gasteiger charge is -2.26. The number of nitrogens with one attached hydrogen (secondary N) is 2. The molecule has 0 aromatic heterocycles. The molecule has 0 heterocycles. The van der Waals surface area contributed by atoms with E-state index in [1.54, 1.807) is 19.5 Å². The van der Waals surface area contributed by atoms with Gasteiger partial charge < -0.3 is 50.2 Å². The minimum absolute atomic E-state index is 0.0535. The van der Waals surface area contributed by atoms with Crippen molar-refractivity contribution in [2.24, 2.45) is 11.5 Å². The predicted molar refractivity (Wildman–Crippen MR) is 144 cm³/mol. The third-order valence-corrected chi connectivity index (χ3v) is 5.22. The Hall–Kier alpha value is -1.90. The lowest BCUT2D eigenvalue weighted by molar-refractivity contribution is -0.149. The zero-order chi connectivity index (χ0) is 27.1. The number of hydrogen-bond acceptors (Lipinski definition) is 11. The highest BCUT2D eigenvalue weighted by Gasteiger charge is 2.27. The summed E-state index contributed by atoms with van der Waals surface area (Å²) < 4.78 is 26.0. The molecule has 0 aliphatic carbocycles. The van der Waals surface area contributed by atoms with Crippen LogP contribution in [0.2, 0.25) is 19.0 Å². The van der Waals surface area contributed by atoms with Gasteiger partial charge in [-0.1, -0.05) is 30.3 Å². The standard InChI is InChI=1S/C21H38B4N5O7/c1-33-23-28-11-9-25(37-17-27)10-13-30(12-8-22-36-16-26)20(31)14-19(29-24-34-2)21(32)35-15-18-6-4-3-5-7-18/h3-7,19,28-29H,8-17,26-27H2,1-2H3/t19-/m0/s1. The molecule has 1 amide bonds. The highest BCUT2D eigenvalue weighted by atomic mass is 16.5. The normalized spacial score (nSPS) is 11.5. The van der Waals surface area contributed by atoms with Crippen LogP contribution >= 0.6 is 0 Å². The van der Waals surface area contributed by atoms with Crippen molar-refractivity contribution in [3.05, 3.63) is 35.9 Å². The van der Waals surface area contributed by atoms with Crippen molar-refractivity contribution in [2.75, 3.05) is 47.3 Å². The number of rotatable bonds is 23. The number of hydrogen-bond donors (Lipinski definition) is 4. The summed E-state index contributed by atoms with van der Waals surface area (Å²) in [6, 6.07) is 8.38. The summed E-state index contributed by atoms with van der Waals surface area (Å²) in [4.78, 5) is 27.7. The van der Waals surface area contributed by atoms with E-state index in [4.69, 9.17) is 34.8 Å². The van der Waals surface area contributed by atoms with Gasteiger partial charge in [-0.25, -0.2) is 0 Å². The number of ether oxygens (including phenoxy) is 1. The van der Waals surface area contributed by atoms with Gasteiger partial charge in [-0.3, -0.25) is 9.59 Å². The van der Waals surface area contributed by atoms with Crippen LogP contribution in [0, 0.1) is 0 Å². The molecule has 0 saturated heterocycles. The minimum atomic E-state index is -0.923. The Bertz CT molecular complexity index is 730. The van der Waals surface area contributed by atoms with Gasteiger partial charge in [0.15, 0.2) is 0 Å². The Labute approximate surface area is 222 Å². The van der Waals surface area contributed by atoms with E-state index in [0.29, 0.717) is 38.6 Å². The summed E-state index contributed by atoms with van der Waals surface area (Å²) in [6.07, 6.45) is 1.56. The molecule has 0 fully saturated rings. The van der Waals surface area contributed by atoms with Gasteiger partial charge in [0, 0.05) is 27.3 Å². The number of carbonyl (C=O) groups is 2. The van der Waals surface area contributed by atoms with Gasteiger partial charge in [0.25, 0.3) is 14.4 Å². The topological polar surface area (TPSA) is 160 Å². The molecular formula is C21H38B4N5O7. The van der Waals surface area contributed by atoms with Crippen LogP contribution < -0.4 is 21.9 Å². The highest BCUT2D eigenvalue weighted by Crippen LogP contribution is 2.09. The summed E-state index contributed by atoms with van der Waals surface area (Å²) in [5.41, 5.74) is 11.8.